The van der Waals surface area contributed by atoms with Crippen molar-refractivity contribution in [2.75, 3.05) is 0 Å². The van der Waals surface area contributed by atoms with Gasteiger partial charge in [-0.3, -0.25) is 4.98 Å². The molecular formula is C18H24N3. The molecule has 1 aromatic heterocycles. The van der Waals surface area contributed by atoms with Crippen LogP contribution < -0.4 is 11.5 Å². The van der Waals surface area contributed by atoms with Crippen LogP contribution in [0.2, 0.25) is 0 Å². The molecule has 0 aliphatic carbocycles. The lowest BCUT2D eigenvalue weighted by Gasteiger charge is -2.14. The Morgan fingerprint density at radius 2 is 1.76 bits per heavy atom. The third-order valence-electron chi connectivity index (χ3n) is 3.59. The summed E-state index contributed by atoms with van der Waals surface area (Å²) in [7, 11) is 0. The number of nitrogens with two attached hydrogens (primary N) is 2. The van der Waals surface area contributed by atoms with E-state index in [1.807, 2.05) is 6.92 Å². The van der Waals surface area contributed by atoms with Gasteiger partial charge in [0.25, 0.3) is 0 Å². The minimum absolute atomic E-state index is 0.477. The maximum absolute atomic E-state index is 5.92. The molecular weight excluding hydrogens is 258 g/mol. The van der Waals surface area contributed by atoms with Crippen LogP contribution in [0.4, 0.5) is 0 Å². The summed E-state index contributed by atoms with van der Waals surface area (Å²) in [6, 6.07) is 11.8. The Morgan fingerprint density at radius 1 is 1.10 bits per heavy atom. The van der Waals surface area contributed by atoms with Crippen molar-refractivity contribution < 1.29 is 0 Å². The fraction of sp³-hybridized carbons (Fsp3) is 0.389. The van der Waals surface area contributed by atoms with E-state index in [1.54, 1.807) is 0 Å². The molecule has 1 aromatic carbocycles. The minimum atomic E-state index is 0.477. The van der Waals surface area contributed by atoms with Crippen molar-refractivity contribution >= 4 is 0 Å². The summed E-state index contributed by atoms with van der Waals surface area (Å²) < 4.78 is 0. The van der Waals surface area contributed by atoms with E-state index in [2.05, 4.69) is 49.2 Å². The summed E-state index contributed by atoms with van der Waals surface area (Å²) >= 11 is 0. The molecule has 0 bridgehead atoms. The highest BCUT2D eigenvalue weighted by Crippen LogP contribution is 2.26. The highest BCUT2D eigenvalue weighted by Gasteiger charge is 2.12. The molecule has 0 spiro atoms. The van der Waals surface area contributed by atoms with Gasteiger partial charge in [0.1, 0.15) is 0 Å². The van der Waals surface area contributed by atoms with Crippen molar-refractivity contribution in [3.05, 3.63) is 52.8 Å². The van der Waals surface area contributed by atoms with Crippen molar-refractivity contribution in [1.82, 2.24) is 4.98 Å². The van der Waals surface area contributed by atoms with E-state index in [4.69, 9.17) is 11.5 Å². The molecule has 0 amide bonds. The quantitative estimate of drug-likeness (QED) is 0.886. The van der Waals surface area contributed by atoms with Crippen molar-refractivity contribution in [1.29, 1.82) is 0 Å². The first-order chi connectivity index (χ1) is 10.0. The maximum Gasteiger partial charge on any atom is 0.0495 e. The summed E-state index contributed by atoms with van der Waals surface area (Å²) in [6.07, 6.45) is 0.930. The molecule has 2 aromatic rings. The van der Waals surface area contributed by atoms with E-state index < -0.39 is 0 Å². The molecule has 1 heterocycles. The first-order valence-corrected chi connectivity index (χ1v) is 7.46. The molecule has 3 nitrogen and oxygen atoms in total. The maximum atomic E-state index is 5.92. The van der Waals surface area contributed by atoms with E-state index in [0.29, 0.717) is 19.0 Å². The molecule has 0 aliphatic rings. The molecule has 0 fully saturated rings. The van der Waals surface area contributed by atoms with Gasteiger partial charge < -0.3 is 11.5 Å². The van der Waals surface area contributed by atoms with Gasteiger partial charge in [0, 0.05) is 30.5 Å². The number of aryl methyl sites for hydroxylation is 1. The number of rotatable bonds is 5. The van der Waals surface area contributed by atoms with Gasteiger partial charge in [0.2, 0.25) is 0 Å². The Labute approximate surface area is 127 Å². The Morgan fingerprint density at radius 3 is 2.29 bits per heavy atom. The third kappa shape index (κ3) is 3.69. The van der Waals surface area contributed by atoms with E-state index in [0.717, 1.165) is 40.1 Å². The summed E-state index contributed by atoms with van der Waals surface area (Å²) in [5.41, 5.74) is 18.0. The van der Waals surface area contributed by atoms with E-state index in [9.17, 15) is 0 Å². The lowest BCUT2D eigenvalue weighted by Crippen LogP contribution is -2.08. The Hall–Kier alpha value is -1.71. The van der Waals surface area contributed by atoms with Gasteiger partial charge in [-0.05, 0) is 41.5 Å². The van der Waals surface area contributed by atoms with Crippen LogP contribution in [-0.2, 0) is 19.5 Å². The van der Waals surface area contributed by atoms with Crippen LogP contribution in [0.5, 0.6) is 0 Å². The van der Waals surface area contributed by atoms with Crippen molar-refractivity contribution in [3.63, 3.8) is 0 Å². The van der Waals surface area contributed by atoms with E-state index in [1.165, 1.54) is 0 Å². The SMILES string of the molecule is Cc1nc(CC(C)C)[c]c(-c2ccc(CN)cc2)c1CN. The van der Waals surface area contributed by atoms with Gasteiger partial charge in [0.15, 0.2) is 0 Å². The molecule has 3 heteroatoms. The molecule has 0 aliphatic heterocycles. The predicted octanol–water partition coefficient (Wildman–Crippen LogP) is 2.97. The van der Waals surface area contributed by atoms with Crippen LogP contribution in [0.15, 0.2) is 24.3 Å². The van der Waals surface area contributed by atoms with Crippen LogP contribution in [0.3, 0.4) is 0 Å². The molecule has 0 saturated carbocycles. The second-order valence-electron chi connectivity index (χ2n) is 5.83. The molecule has 2 rings (SSSR count). The van der Waals surface area contributed by atoms with Gasteiger partial charge in [-0.2, -0.15) is 0 Å². The minimum Gasteiger partial charge on any atom is -0.326 e. The molecule has 0 atom stereocenters. The highest BCUT2D eigenvalue weighted by molar-refractivity contribution is 5.68. The van der Waals surface area contributed by atoms with Crippen LogP contribution in [0, 0.1) is 18.9 Å². The molecule has 4 N–H and O–H groups in total. The number of pyridine rings is 1. The monoisotopic (exact) mass is 282 g/mol. The second kappa shape index (κ2) is 6.83. The van der Waals surface area contributed by atoms with Crippen LogP contribution >= 0.6 is 0 Å². The molecule has 111 valence electrons. The van der Waals surface area contributed by atoms with Crippen LogP contribution in [0.25, 0.3) is 11.1 Å². The molecule has 21 heavy (non-hydrogen) atoms. The van der Waals surface area contributed by atoms with Crippen molar-refractivity contribution in [2.24, 2.45) is 17.4 Å². The van der Waals surface area contributed by atoms with Crippen LogP contribution in [-0.4, -0.2) is 4.98 Å². The number of aromatic nitrogens is 1. The van der Waals surface area contributed by atoms with Crippen molar-refractivity contribution in [3.8, 4) is 11.1 Å². The number of nitrogens with zero attached hydrogens (tertiary/aromatic N) is 1. The zero-order valence-electron chi connectivity index (χ0n) is 13.1. The smallest absolute Gasteiger partial charge is 0.0495 e. The molecule has 0 unspecified atom stereocenters. The molecule has 0 saturated heterocycles. The van der Waals surface area contributed by atoms with Gasteiger partial charge >= 0.3 is 0 Å². The van der Waals surface area contributed by atoms with Gasteiger partial charge in [-0.15, -0.1) is 0 Å². The first-order valence-electron chi connectivity index (χ1n) is 7.46. The van der Waals surface area contributed by atoms with Gasteiger partial charge in [-0.1, -0.05) is 38.1 Å². The van der Waals surface area contributed by atoms with Gasteiger partial charge in [0.05, 0.1) is 0 Å². The number of hydrogen-bond acceptors (Lipinski definition) is 3. The highest BCUT2D eigenvalue weighted by atomic mass is 14.7. The Bertz CT molecular complexity index is 601. The standard InChI is InChI=1S/C18H24N3/c1-12(2)8-16-9-17(18(11-20)13(3)21-16)15-6-4-14(10-19)5-7-15/h4-7,12H,8,10-11,19-20H2,1-3H3. The molecule has 1 radical (unpaired) electrons. The summed E-state index contributed by atoms with van der Waals surface area (Å²) in [6.45, 7) is 7.44. The zero-order valence-corrected chi connectivity index (χ0v) is 13.1. The average Bonchev–Trinajstić information content (AvgIpc) is 2.46. The summed E-state index contributed by atoms with van der Waals surface area (Å²) in [5, 5.41) is 0. The average molecular weight is 282 g/mol. The normalized spacial score (nSPS) is 11.1. The fourth-order valence-electron chi connectivity index (χ4n) is 2.49. The third-order valence-corrected chi connectivity index (χ3v) is 3.59. The largest absolute Gasteiger partial charge is 0.326 e. The Kier molecular flexibility index (Phi) is 5.10. The fourth-order valence-corrected chi connectivity index (χ4v) is 2.49. The second-order valence-corrected chi connectivity index (χ2v) is 5.83. The predicted molar refractivity (Wildman–Crippen MR) is 87.6 cm³/mol. The topological polar surface area (TPSA) is 64.9 Å². The number of benzene rings is 1. The lowest BCUT2D eigenvalue weighted by atomic mass is 9.95. The number of hydrogen-bond donors (Lipinski definition) is 2. The first kappa shape index (κ1) is 15.7. The zero-order chi connectivity index (χ0) is 15.4. The van der Waals surface area contributed by atoms with E-state index in [-0.39, 0.29) is 0 Å². The summed E-state index contributed by atoms with van der Waals surface area (Å²) in [4.78, 5) is 4.65. The van der Waals surface area contributed by atoms with Crippen LogP contribution in [0.1, 0.15) is 36.4 Å². The lowest BCUT2D eigenvalue weighted by molar-refractivity contribution is 0.633. The van der Waals surface area contributed by atoms with E-state index >= 15 is 0 Å². The summed E-state index contributed by atoms with van der Waals surface area (Å²) in [5.74, 6) is 0.560. The van der Waals surface area contributed by atoms with Crippen molar-refractivity contribution in [2.45, 2.75) is 40.3 Å². The Balaban J connectivity index is 2.50. The van der Waals surface area contributed by atoms with Gasteiger partial charge in [-0.25, -0.2) is 0 Å².